The van der Waals surface area contributed by atoms with Crippen molar-refractivity contribution in [3.8, 4) is 12.3 Å². The Balaban J connectivity index is 1.93. The number of hydrogen-bond donors (Lipinski definition) is 2. The van der Waals surface area contributed by atoms with Crippen molar-refractivity contribution in [3.63, 3.8) is 0 Å². The van der Waals surface area contributed by atoms with Crippen molar-refractivity contribution in [1.82, 2.24) is 20.4 Å². The highest BCUT2D eigenvalue weighted by Crippen LogP contribution is 2.38. The molecule has 11 heteroatoms. The molecule has 10 nitrogen and oxygen atoms in total. The van der Waals surface area contributed by atoms with Crippen molar-refractivity contribution in [2.45, 2.75) is 57.7 Å². The summed E-state index contributed by atoms with van der Waals surface area (Å²) in [6.07, 6.45) is 8.61. The lowest BCUT2D eigenvalue weighted by molar-refractivity contribution is -0.126. The number of nitrogens with zero attached hydrogens (tertiary/aromatic N) is 4. The molecule has 0 bridgehead atoms. The van der Waals surface area contributed by atoms with Gasteiger partial charge in [-0.05, 0) is 30.9 Å². The van der Waals surface area contributed by atoms with Gasteiger partial charge >= 0.3 is 5.97 Å². The summed E-state index contributed by atoms with van der Waals surface area (Å²) in [5.41, 5.74) is -0.281. The van der Waals surface area contributed by atoms with Gasteiger partial charge in [-0.15, -0.1) is 23.7 Å². The normalized spacial score (nSPS) is 14.1. The number of rotatable bonds is 14. The van der Waals surface area contributed by atoms with Crippen molar-refractivity contribution in [1.29, 1.82) is 0 Å². The Hall–Kier alpha value is -3.52. The number of terminal acetylenes is 1. The number of hydrogen-bond acceptors (Lipinski definition) is 8. The highest BCUT2D eigenvalue weighted by atomic mass is 32.1. The zero-order valence-corrected chi connectivity index (χ0v) is 20.8. The van der Waals surface area contributed by atoms with Gasteiger partial charge in [0, 0.05) is 32.4 Å². The van der Waals surface area contributed by atoms with Gasteiger partial charge in [-0.1, -0.05) is 19.4 Å². The van der Waals surface area contributed by atoms with Crippen LogP contribution in [0.5, 0.6) is 0 Å². The first kappa shape index (κ1) is 26.1. The van der Waals surface area contributed by atoms with Gasteiger partial charge in [0.1, 0.15) is 0 Å². The third-order valence-corrected chi connectivity index (χ3v) is 6.42. The molecule has 0 aliphatic carbocycles. The van der Waals surface area contributed by atoms with Gasteiger partial charge in [-0.2, -0.15) is 15.3 Å². The van der Waals surface area contributed by atoms with Crippen molar-refractivity contribution in [2.24, 2.45) is 10.2 Å². The standard InChI is InChI=1S/C24H30N6O4S/c1-4-7-11-24(28-29-24)12-14-30(22(32)19-10-9-15-35-19)20(21(31)25-13-8-5-2)17-16-18(27-26-17)23(33)34-6-3/h1,9-10,15-16,20H,5-8,11-14H2,2-3H3,(H,25,31)(H,26,27). The topological polar surface area (TPSA) is 129 Å². The van der Waals surface area contributed by atoms with Gasteiger partial charge in [0.05, 0.1) is 17.2 Å². The predicted octanol–water partition coefficient (Wildman–Crippen LogP) is 3.71. The SMILES string of the molecule is C#CCCC1(CCN(C(=O)c2cccs2)C(C(=O)NCCCC)c2cc(C(=O)OCC)n[nH]2)N=N1. The molecule has 1 atom stereocenters. The maximum Gasteiger partial charge on any atom is 0.358 e. The molecule has 1 aliphatic rings. The molecule has 3 rings (SSSR count). The van der Waals surface area contributed by atoms with Crippen LogP contribution >= 0.6 is 11.3 Å². The fourth-order valence-corrected chi connectivity index (χ4v) is 4.26. The minimum absolute atomic E-state index is 0.0365. The van der Waals surface area contributed by atoms with E-state index in [9.17, 15) is 14.4 Å². The van der Waals surface area contributed by atoms with Crippen LogP contribution in [0.2, 0.25) is 0 Å². The van der Waals surface area contributed by atoms with Gasteiger partial charge < -0.3 is 15.0 Å². The number of nitrogens with one attached hydrogen (secondary N) is 2. The van der Waals surface area contributed by atoms with Crippen molar-refractivity contribution >= 4 is 29.1 Å². The summed E-state index contributed by atoms with van der Waals surface area (Å²) in [6.45, 7) is 4.57. The number of carbonyl (C=O) groups is 3. The third kappa shape index (κ3) is 6.76. The summed E-state index contributed by atoms with van der Waals surface area (Å²) in [5, 5.41) is 19.8. The Morgan fingerprint density at radius 1 is 1.31 bits per heavy atom. The van der Waals surface area contributed by atoms with E-state index in [1.165, 1.54) is 22.3 Å². The molecule has 2 aromatic rings. The Kier molecular flexibility index (Phi) is 9.14. The van der Waals surface area contributed by atoms with Crippen LogP contribution in [0.15, 0.2) is 33.8 Å². The van der Waals surface area contributed by atoms with Gasteiger partial charge in [0.25, 0.3) is 5.91 Å². The molecule has 0 aromatic carbocycles. The fourth-order valence-electron chi connectivity index (χ4n) is 3.58. The molecule has 2 aromatic heterocycles. The Morgan fingerprint density at radius 3 is 2.74 bits per heavy atom. The van der Waals surface area contributed by atoms with Crippen LogP contribution in [0, 0.1) is 12.3 Å². The Bertz CT molecular complexity index is 1080. The van der Waals surface area contributed by atoms with E-state index in [4.69, 9.17) is 11.2 Å². The molecule has 186 valence electrons. The average molecular weight is 499 g/mol. The average Bonchev–Trinajstić information content (AvgIpc) is 3.22. The summed E-state index contributed by atoms with van der Waals surface area (Å²) in [5.74, 6) is 1.30. The Morgan fingerprint density at radius 2 is 2.11 bits per heavy atom. The first-order chi connectivity index (χ1) is 16.9. The van der Waals surface area contributed by atoms with Gasteiger partial charge in [-0.3, -0.25) is 14.7 Å². The van der Waals surface area contributed by atoms with Crippen LogP contribution in [0.1, 0.15) is 77.8 Å². The first-order valence-electron chi connectivity index (χ1n) is 11.7. The van der Waals surface area contributed by atoms with E-state index in [1.807, 2.05) is 6.92 Å². The second-order valence-electron chi connectivity index (χ2n) is 8.09. The minimum atomic E-state index is -1.04. The number of ether oxygens (including phenoxy) is 1. The van der Waals surface area contributed by atoms with Crippen LogP contribution in [0.25, 0.3) is 0 Å². The summed E-state index contributed by atoms with van der Waals surface area (Å²) in [6, 6.07) is 3.90. The van der Waals surface area contributed by atoms with Crippen LogP contribution in [-0.4, -0.2) is 58.2 Å². The Labute approximate surface area is 208 Å². The van der Waals surface area contributed by atoms with E-state index in [0.717, 1.165) is 12.8 Å². The van der Waals surface area contributed by atoms with E-state index in [1.54, 1.807) is 24.4 Å². The van der Waals surface area contributed by atoms with Crippen molar-refractivity contribution in [3.05, 3.63) is 39.8 Å². The number of thiophene rings is 1. The predicted molar refractivity (Wildman–Crippen MR) is 131 cm³/mol. The minimum Gasteiger partial charge on any atom is -0.461 e. The van der Waals surface area contributed by atoms with Gasteiger partial charge in [-0.25, -0.2) is 4.79 Å². The lowest BCUT2D eigenvalue weighted by Gasteiger charge is -2.30. The fraction of sp³-hybridized carbons (Fsp3) is 0.500. The molecule has 0 spiro atoms. The number of aromatic amines is 1. The largest absolute Gasteiger partial charge is 0.461 e. The van der Waals surface area contributed by atoms with E-state index < -0.39 is 17.7 Å². The summed E-state index contributed by atoms with van der Waals surface area (Å²) < 4.78 is 5.02. The lowest BCUT2D eigenvalue weighted by atomic mass is 10.0. The molecule has 2 amide bonds. The number of aromatic nitrogens is 2. The van der Waals surface area contributed by atoms with Crippen LogP contribution in [0.3, 0.4) is 0 Å². The molecule has 2 N–H and O–H groups in total. The molecule has 1 aliphatic heterocycles. The summed E-state index contributed by atoms with van der Waals surface area (Å²) >= 11 is 1.29. The van der Waals surface area contributed by atoms with Gasteiger partial charge in [0.15, 0.2) is 17.4 Å². The first-order valence-corrected chi connectivity index (χ1v) is 12.5. The van der Waals surface area contributed by atoms with Crippen LogP contribution in [-0.2, 0) is 9.53 Å². The summed E-state index contributed by atoms with van der Waals surface area (Å²) in [7, 11) is 0. The van der Waals surface area contributed by atoms with Crippen LogP contribution in [0.4, 0.5) is 0 Å². The molecule has 3 heterocycles. The maximum absolute atomic E-state index is 13.6. The number of esters is 1. The lowest BCUT2D eigenvalue weighted by Crippen LogP contribution is -2.45. The highest BCUT2D eigenvalue weighted by Gasteiger charge is 2.42. The van der Waals surface area contributed by atoms with Crippen molar-refractivity contribution in [2.75, 3.05) is 19.7 Å². The van der Waals surface area contributed by atoms with E-state index >= 15 is 0 Å². The van der Waals surface area contributed by atoms with E-state index in [-0.39, 0.29) is 30.7 Å². The molecule has 1 unspecified atom stereocenters. The van der Waals surface area contributed by atoms with Gasteiger partial charge in [0.2, 0.25) is 5.91 Å². The molecule has 35 heavy (non-hydrogen) atoms. The zero-order chi connectivity index (χ0) is 25.3. The second kappa shape index (κ2) is 12.3. The van der Waals surface area contributed by atoms with E-state index in [0.29, 0.717) is 36.4 Å². The molecular formula is C24H30N6O4S. The number of carbonyl (C=O) groups excluding carboxylic acids is 3. The smallest absolute Gasteiger partial charge is 0.358 e. The second-order valence-corrected chi connectivity index (χ2v) is 9.04. The molecule has 0 saturated heterocycles. The van der Waals surface area contributed by atoms with E-state index in [2.05, 4.69) is 31.7 Å². The molecule has 0 fully saturated rings. The molecular weight excluding hydrogens is 468 g/mol. The number of unbranched alkanes of at least 4 members (excludes halogenated alkanes) is 1. The summed E-state index contributed by atoms with van der Waals surface area (Å²) in [4.78, 5) is 41.2. The number of H-pyrrole nitrogens is 1. The zero-order valence-electron chi connectivity index (χ0n) is 20.0. The maximum atomic E-state index is 13.6. The van der Waals surface area contributed by atoms with Crippen molar-refractivity contribution < 1.29 is 19.1 Å². The molecule has 0 radical (unpaired) electrons. The monoisotopic (exact) mass is 498 g/mol. The quantitative estimate of drug-likeness (QED) is 0.233. The number of amides is 2. The third-order valence-electron chi connectivity index (χ3n) is 5.56. The molecule has 0 saturated carbocycles. The highest BCUT2D eigenvalue weighted by molar-refractivity contribution is 7.12. The van der Waals surface area contributed by atoms with Crippen LogP contribution < -0.4 is 5.32 Å².